The van der Waals surface area contributed by atoms with Gasteiger partial charge in [0.15, 0.2) is 0 Å². The first-order valence-electron chi connectivity index (χ1n) is 3.64. The monoisotopic (exact) mass is 125 g/mol. The molecule has 0 fully saturated rings. The lowest BCUT2D eigenvalue weighted by molar-refractivity contribution is 0.231. The molecule has 52 valence electrons. The van der Waals surface area contributed by atoms with Crippen molar-refractivity contribution in [3.05, 3.63) is 12.2 Å². The molecule has 9 heavy (non-hydrogen) atoms. The summed E-state index contributed by atoms with van der Waals surface area (Å²) < 4.78 is 0. The highest BCUT2D eigenvalue weighted by Crippen LogP contribution is 2.11. The van der Waals surface area contributed by atoms with Gasteiger partial charge in [-0.1, -0.05) is 12.2 Å². The molecule has 0 aromatic heterocycles. The molecule has 1 aliphatic rings. The Hall–Kier alpha value is -0.300. The second-order valence-corrected chi connectivity index (χ2v) is 2.96. The normalized spacial score (nSPS) is 28.2. The maximum atomic E-state index is 2.46. The van der Waals surface area contributed by atoms with Crippen molar-refractivity contribution in [1.29, 1.82) is 0 Å². The lowest BCUT2D eigenvalue weighted by atomic mass is 10.2. The highest BCUT2D eigenvalue weighted by molar-refractivity contribution is 5.02. The van der Waals surface area contributed by atoms with E-state index in [0.717, 1.165) is 6.54 Å². The zero-order chi connectivity index (χ0) is 6.85. The standard InChI is InChI=1S/C8H15N/c1-7(2)9-6-4-5-8(9)3/h4-5,7-8H,6H2,1-3H3. The minimum atomic E-state index is 0.657. The van der Waals surface area contributed by atoms with Gasteiger partial charge in [0, 0.05) is 18.6 Å². The fourth-order valence-electron chi connectivity index (χ4n) is 1.34. The van der Waals surface area contributed by atoms with Gasteiger partial charge in [-0.05, 0) is 20.8 Å². The van der Waals surface area contributed by atoms with Crippen molar-refractivity contribution in [1.82, 2.24) is 4.90 Å². The molecule has 0 bridgehead atoms. The van der Waals surface area contributed by atoms with Crippen molar-refractivity contribution in [2.45, 2.75) is 32.9 Å². The van der Waals surface area contributed by atoms with E-state index in [1.807, 2.05) is 0 Å². The molecule has 1 heterocycles. The van der Waals surface area contributed by atoms with Crippen molar-refractivity contribution in [3.8, 4) is 0 Å². The molecule has 0 amide bonds. The number of hydrogen-bond donors (Lipinski definition) is 0. The molecule has 1 heteroatoms. The van der Waals surface area contributed by atoms with Crippen molar-refractivity contribution < 1.29 is 0 Å². The van der Waals surface area contributed by atoms with Gasteiger partial charge in [-0.3, -0.25) is 4.90 Å². The Kier molecular flexibility index (Phi) is 1.91. The zero-order valence-corrected chi connectivity index (χ0v) is 6.46. The van der Waals surface area contributed by atoms with Crippen LogP contribution in [0, 0.1) is 0 Å². The summed E-state index contributed by atoms with van der Waals surface area (Å²) in [6.07, 6.45) is 4.50. The van der Waals surface area contributed by atoms with Crippen LogP contribution in [0.1, 0.15) is 20.8 Å². The summed E-state index contributed by atoms with van der Waals surface area (Å²) in [6, 6.07) is 1.35. The number of rotatable bonds is 1. The number of hydrogen-bond acceptors (Lipinski definition) is 1. The molecule has 1 aliphatic heterocycles. The Labute approximate surface area is 57.4 Å². The molecular weight excluding hydrogens is 110 g/mol. The minimum absolute atomic E-state index is 0.657. The Morgan fingerprint density at radius 3 is 2.44 bits per heavy atom. The van der Waals surface area contributed by atoms with Crippen LogP contribution in [0.25, 0.3) is 0 Å². The molecule has 1 unspecified atom stereocenters. The molecule has 0 aromatic rings. The van der Waals surface area contributed by atoms with Crippen molar-refractivity contribution in [2.75, 3.05) is 6.54 Å². The molecule has 0 saturated carbocycles. The van der Waals surface area contributed by atoms with Gasteiger partial charge in [-0.25, -0.2) is 0 Å². The predicted octanol–water partition coefficient (Wildman–Crippen LogP) is 1.66. The summed E-state index contributed by atoms with van der Waals surface area (Å²) in [4.78, 5) is 2.46. The lowest BCUT2D eigenvalue weighted by Gasteiger charge is -2.24. The van der Waals surface area contributed by atoms with Crippen LogP contribution in [0.5, 0.6) is 0 Å². The van der Waals surface area contributed by atoms with Crippen LogP contribution >= 0.6 is 0 Å². The Balaban J connectivity index is 2.45. The predicted molar refractivity (Wildman–Crippen MR) is 40.4 cm³/mol. The summed E-state index contributed by atoms with van der Waals surface area (Å²) in [5, 5.41) is 0. The highest BCUT2D eigenvalue weighted by Gasteiger charge is 2.16. The maximum Gasteiger partial charge on any atom is 0.0256 e. The van der Waals surface area contributed by atoms with Gasteiger partial charge in [-0.2, -0.15) is 0 Å². The third-order valence-corrected chi connectivity index (χ3v) is 1.92. The average Bonchev–Trinajstić information content (AvgIpc) is 2.13. The highest BCUT2D eigenvalue weighted by atomic mass is 15.2. The van der Waals surface area contributed by atoms with Gasteiger partial charge >= 0.3 is 0 Å². The van der Waals surface area contributed by atoms with E-state index in [2.05, 4.69) is 37.8 Å². The molecule has 0 N–H and O–H groups in total. The zero-order valence-electron chi connectivity index (χ0n) is 6.46. The summed E-state index contributed by atoms with van der Waals surface area (Å²) in [7, 11) is 0. The smallest absolute Gasteiger partial charge is 0.0256 e. The van der Waals surface area contributed by atoms with E-state index < -0.39 is 0 Å². The number of nitrogens with zero attached hydrogens (tertiary/aromatic N) is 1. The van der Waals surface area contributed by atoms with Crippen LogP contribution in [0.4, 0.5) is 0 Å². The molecule has 1 rings (SSSR count). The fourth-order valence-corrected chi connectivity index (χ4v) is 1.34. The molecule has 1 nitrogen and oxygen atoms in total. The van der Waals surface area contributed by atoms with Gasteiger partial charge in [0.1, 0.15) is 0 Å². The molecule has 0 aliphatic carbocycles. The van der Waals surface area contributed by atoms with Gasteiger partial charge in [-0.15, -0.1) is 0 Å². The molecule has 0 aromatic carbocycles. The van der Waals surface area contributed by atoms with E-state index in [0.29, 0.717) is 12.1 Å². The van der Waals surface area contributed by atoms with Gasteiger partial charge in [0.05, 0.1) is 0 Å². The Bertz CT molecular complexity index is 116. The van der Waals surface area contributed by atoms with Crippen molar-refractivity contribution in [3.63, 3.8) is 0 Å². The maximum absolute atomic E-state index is 2.46. The van der Waals surface area contributed by atoms with Crippen LogP contribution in [-0.2, 0) is 0 Å². The van der Waals surface area contributed by atoms with E-state index in [9.17, 15) is 0 Å². The molecular formula is C8H15N. The first-order valence-corrected chi connectivity index (χ1v) is 3.64. The van der Waals surface area contributed by atoms with E-state index >= 15 is 0 Å². The molecule has 0 radical (unpaired) electrons. The third kappa shape index (κ3) is 1.33. The molecule has 0 spiro atoms. The first kappa shape index (κ1) is 6.81. The second kappa shape index (κ2) is 2.53. The molecule has 1 atom stereocenters. The third-order valence-electron chi connectivity index (χ3n) is 1.92. The first-order chi connectivity index (χ1) is 4.22. The molecule has 0 saturated heterocycles. The van der Waals surface area contributed by atoms with Gasteiger partial charge in [0.2, 0.25) is 0 Å². The van der Waals surface area contributed by atoms with Gasteiger partial charge < -0.3 is 0 Å². The van der Waals surface area contributed by atoms with Crippen LogP contribution in [0.15, 0.2) is 12.2 Å². The summed E-state index contributed by atoms with van der Waals surface area (Å²) in [5.74, 6) is 0. The summed E-state index contributed by atoms with van der Waals surface area (Å²) in [5.41, 5.74) is 0. The summed E-state index contributed by atoms with van der Waals surface area (Å²) in [6.45, 7) is 7.86. The van der Waals surface area contributed by atoms with Crippen LogP contribution in [-0.4, -0.2) is 23.5 Å². The van der Waals surface area contributed by atoms with E-state index in [1.165, 1.54) is 0 Å². The minimum Gasteiger partial charge on any atom is -0.291 e. The SMILES string of the molecule is CC(C)N1CC=CC1C. The fraction of sp³-hybridized carbons (Fsp3) is 0.750. The van der Waals surface area contributed by atoms with Gasteiger partial charge in [0.25, 0.3) is 0 Å². The lowest BCUT2D eigenvalue weighted by Crippen LogP contribution is -2.33. The topological polar surface area (TPSA) is 3.24 Å². The summed E-state index contributed by atoms with van der Waals surface area (Å²) >= 11 is 0. The van der Waals surface area contributed by atoms with Crippen LogP contribution < -0.4 is 0 Å². The van der Waals surface area contributed by atoms with Crippen LogP contribution in [0.2, 0.25) is 0 Å². The van der Waals surface area contributed by atoms with E-state index in [1.54, 1.807) is 0 Å². The van der Waals surface area contributed by atoms with E-state index in [4.69, 9.17) is 0 Å². The quantitative estimate of drug-likeness (QED) is 0.482. The Morgan fingerprint density at radius 2 is 2.22 bits per heavy atom. The average molecular weight is 125 g/mol. The second-order valence-electron chi connectivity index (χ2n) is 2.96. The Morgan fingerprint density at radius 1 is 1.56 bits per heavy atom. The van der Waals surface area contributed by atoms with Crippen LogP contribution in [0.3, 0.4) is 0 Å². The van der Waals surface area contributed by atoms with E-state index in [-0.39, 0.29) is 0 Å². The van der Waals surface area contributed by atoms with Crippen molar-refractivity contribution >= 4 is 0 Å². The van der Waals surface area contributed by atoms with Crippen molar-refractivity contribution in [2.24, 2.45) is 0 Å². The largest absolute Gasteiger partial charge is 0.291 e.